The third-order valence-electron chi connectivity index (χ3n) is 3.67. The van der Waals surface area contributed by atoms with E-state index in [0.717, 1.165) is 49.7 Å². The number of anilines is 1. The van der Waals surface area contributed by atoms with Gasteiger partial charge < -0.3 is 9.64 Å². The summed E-state index contributed by atoms with van der Waals surface area (Å²) in [6, 6.07) is 4.24. The molecule has 2 rings (SSSR count). The van der Waals surface area contributed by atoms with Gasteiger partial charge in [0.05, 0.1) is 5.56 Å². The fourth-order valence-corrected chi connectivity index (χ4v) is 2.63. The normalized spacial score (nSPS) is 16.1. The number of hydrogen-bond acceptors (Lipinski definition) is 4. The van der Waals surface area contributed by atoms with Gasteiger partial charge in [-0.3, -0.25) is 0 Å². The molecule has 1 aliphatic rings. The number of hydrogen-bond donors (Lipinski definition) is 0. The van der Waals surface area contributed by atoms with Crippen molar-refractivity contribution in [2.45, 2.75) is 26.7 Å². The van der Waals surface area contributed by atoms with E-state index in [2.05, 4.69) is 16.0 Å². The van der Waals surface area contributed by atoms with Crippen LogP contribution >= 0.6 is 0 Å². The van der Waals surface area contributed by atoms with Crippen LogP contribution in [0.25, 0.3) is 0 Å². The quantitative estimate of drug-likeness (QED) is 0.836. The third-order valence-corrected chi connectivity index (χ3v) is 3.67. The standard InChI is InChI=1S/C15H21N3O/c1-11-8-12(2)17-15(14(11)9-16)18(3)10-13-4-6-19-7-5-13/h8,13H,4-7,10H2,1-3H3. The second kappa shape index (κ2) is 6.03. The summed E-state index contributed by atoms with van der Waals surface area (Å²) in [6.07, 6.45) is 2.19. The fourth-order valence-electron chi connectivity index (χ4n) is 2.63. The summed E-state index contributed by atoms with van der Waals surface area (Å²) in [5.41, 5.74) is 2.66. The Hall–Kier alpha value is -1.60. The molecule has 0 saturated carbocycles. The first-order valence-electron chi connectivity index (χ1n) is 6.79. The van der Waals surface area contributed by atoms with E-state index in [0.29, 0.717) is 11.5 Å². The molecule has 4 heteroatoms. The molecular formula is C15H21N3O. The lowest BCUT2D eigenvalue weighted by Crippen LogP contribution is -2.30. The van der Waals surface area contributed by atoms with E-state index >= 15 is 0 Å². The molecule has 0 atom stereocenters. The molecule has 0 unspecified atom stereocenters. The highest BCUT2D eigenvalue weighted by atomic mass is 16.5. The number of nitriles is 1. The van der Waals surface area contributed by atoms with Gasteiger partial charge in [-0.2, -0.15) is 5.26 Å². The minimum atomic E-state index is 0.632. The topological polar surface area (TPSA) is 49.2 Å². The van der Waals surface area contributed by atoms with Gasteiger partial charge >= 0.3 is 0 Å². The zero-order valence-electron chi connectivity index (χ0n) is 11.9. The fraction of sp³-hybridized carbons (Fsp3) is 0.600. The molecule has 0 bridgehead atoms. The number of pyridine rings is 1. The van der Waals surface area contributed by atoms with Crippen LogP contribution in [0, 0.1) is 31.1 Å². The Balaban J connectivity index is 2.18. The second-order valence-corrected chi connectivity index (χ2v) is 5.33. The molecule has 1 aliphatic heterocycles. The third kappa shape index (κ3) is 3.24. The van der Waals surface area contributed by atoms with Gasteiger partial charge in [-0.15, -0.1) is 0 Å². The molecule has 0 spiro atoms. The Morgan fingerprint density at radius 1 is 1.42 bits per heavy atom. The van der Waals surface area contributed by atoms with E-state index in [9.17, 15) is 5.26 Å². The highest BCUT2D eigenvalue weighted by molar-refractivity contribution is 5.57. The van der Waals surface area contributed by atoms with Gasteiger partial charge in [0.2, 0.25) is 0 Å². The van der Waals surface area contributed by atoms with Crippen LogP contribution in [0.1, 0.15) is 29.7 Å². The lowest BCUT2D eigenvalue weighted by Gasteiger charge is -2.28. The van der Waals surface area contributed by atoms with E-state index in [1.54, 1.807) is 0 Å². The van der Waals surface area contributed by atoms with Crippen LogP contribution in [0.3, 0.4) is 0 Å². The van der Waals surface area contributed by atoms with Crippen LogP contribution in [-0.4, -0.2) is 31.8 Å². The van der Waals surface area contributed by atoms with Gasteiger partial charge in [0.1, 0.15) is 11.9 Å². The Kier molecular flexibility index (Phi) is 4.39. The number of aromatic nitrogens is 1. The first kappa shape index (κ1) is 13.8. The number of rotatable bonds is 3. The first-order chi connectivity index (χ1) is 9.11. The lowest BCUT2D eigenvalue weighted by atomic mass is 9.99. The van der Waals surface area contributed by atoms with E-state index in [-0.39, 0.29) is 0 Å². The Morgan fingerprint density at radius 3 is 2.74 bits per heavy atom. The van der Waals surface area contributed by atoms with E-state index in [1.807, 2.05) is 27.0 Å². The van der Waals surface area contributed by atoms with Crippen molar-refractivity contribution in [1.29, 1.82) is 5.26 Å². The van der Waals surface area contributed by atoms with Gasteiger partial charge in [-0.1, -0.05) is 0 Å². The SMILES string of the molecule is Cc1cc(C)c(C#N)c(N(C)CC2CCOCC2)n1. The highest BCUT2D eigenvalue weighted by Crippen LogP contribution is 2.23. The molecule has 1 aromatic heterocycles. The molecule has 0 N–H and O–H groups in total. The van der Waals surface area contributed by atoms with Crippen molar-refractivity contribution in [2.24, 2.45) is 5.92 Å². The Labute approximate surface area is 115 Å². The van der Waals surface area contributed by atoms with Gasteiger partial charge in [0, 0.05) is 32.5 Å². The summed E-state index contributed by atoms with van der Waals surface area (Å²) in [6.45, 7) is 6.58. The van der Waals surface area contributed by atoms with Gasteiger partial charge in [0.15, 0.2) is 0 Å². The first-order valence-corrected chi connectivity index (χ1v) is 6.79. The van der Waals surface area contributed by atoms with Crippen molar-refractivity contribution in [3.63, 3.8) is 0 Å². The van der Waals surface area contributed by atoms with Crippen LogP contribution in [0.5, 0.6) is 0 Å². The molecule has 102 valence electrons. The smallest absolute Gasteiger partial charge is 0.146 e. The maximum atomic E-state index is 9.31. The number of ether oxygens (including phenoxy) is 1. The molecule has 4 nitrogen and oxygen atoms in total. The monoisotopic (exact) mass is 259 g/mol. The average Bonchev–Trinajstić information content (AvgIpc) is 2.39. The Bertz CT molecular complexity index is 487. The summed E-state index contributed by atoms with van der Waals surface area (Å²) >= 11 is 0. The van der Waals surface area contributed by atoms with E-state index < -0.39 is 0 Å². The molecule has 19 heavy (non-hydrogen) atoms. The maximum Gasteiger partial charge on any atom is 0.146 e. The highest BCUT2D eigenvalue weighted by Gasteiger charge is 2.19. The minimum Gasteiger partial charge on any atom is -0.381 e. The molecule has 1 fully saturated rings. The Morgan fingerprint density at radius 2 is 2.11 bits per heavy atom. The molecule has 0 radical (unpaired) electrons. The van der Waals surface area contributed by atoms with Crippen LogP contribution in [0.15, 0.2) is 6.07 Å². The predicted molar refractivity (Wildman–Crippen MR) is 75.2 cm³/mol. The predicted octanol–water partition coefficient (Wildman–Crippen LogP) is 2.43. The molecule has 2 heterocycles. The molecule has 0 amide bonds. The summed E-state index contributed by atoms with van der Waals surface area (Å²) in [5.74, 6) is 1.44. The molecule has 1 saturated heterocycles. The van der Waals surface area contributed by atoms with Crippen molar-refractivity contribution in [3.8, 4) is 6.07 Å². The molecule has 1 aromatic rings. The van der Waals surface area contributed by atoms with E-state index in [1.165, 1.54) is 0 Å². The van der Waals surface area contributed by atoms with Crippen molar-refractivity contribution < 1.29 is 4.74 Å². The van der Waals surface area contributed by atoms with Crippen molar-refractivity contribution >= 4 is 5.82 Å². The lowest BCUT2D eigenvalue weighted by molar-refractivity contribution is 0.0685. The zero-order valence-corrected chi connectivity index (χ0v) is 11.9. The summed E-state index contributed by atoms with van der Waals surface area (Å²) in [4.78, 5) is 6.66. The van der Waals surface area contributed by atoms with Crippen molar-refractivity contribution in [1.82, 2.24) is 4.98 Å². The van der Waals surface area contributed by atoms with Crippen molar-refractivity contribution in [2.75, 3.05) is 31.7 Å². The van der Waals surface area contributed by atoms with Gasteiger partial charge in [0.25, 0.3) is 0 Å². The van der Waals surface area contributed by atoms with Crippen LogP contribution in [0.2, 0.25) is 0 Å². The molecular weight excluding hydrogens is 238 g/mol. The van der Waals surface area contributed by atoms with Gasteiger partial charge in [-0.05, 0) is 44.2 Å². The summed E-state index contributed by atoms with van der Waals surface area (Å²) in [7, 11) is 2.03. The van der Waals surface area contributed by atoms with Gasteiger partial charge in [-0.25, -0.2) is 4.98 Å². The minimum absolute atomic E-state index is 0.632. The summed E-state index contributed by atoms with van der Waals surface area (Å²) in [5, 5.41) is 9.31. The van der Waals surface area contributed by atoms with Crippen LogP contribution in [0.4, 0.5) is 5.82 Å². The second-order valence-electron chi connectivity index (χ2n) is 5.33. The molecule has 0 aliphatic carbocycles. The summed E-state index contributed by atoms with van der Waals surface area (Å²) < 4.78 is 5.38. The number of aryl methyl sites for hydroxylation is 2. The zero-order chi connectivity index (χ0) is 13.8. The average molecular weight is 259 g/mol. The largest absolute Gasteiger partial charge is 0.381 e. The van der Waals surface area contributed by atoms with Crippen LogP contribution < -0.4 is 4.90 Å². The maximum absolute atomic E-state index is 9.31. The van der Waals surface area contributed by atoms with Crippen LogP contribution in [-0.2, 0) is 4.74 Å². The van der Waals surface area contributed by atoms with Crippen molar-refractivity contribution in [3.05, 3.63) is 22.9 Å². The number of nitrogens with zero attached hydrogens (tertiary/aromatic N) is 3. The van der Waals surface area contributed by atoms with E-state index in [4.69, 9.17) is 4.74 Å². The molecule has 0 aromatic carbocycles.